The van der Waals surface area contributed by atoms with Crippen LogP contribution in [0.5, 0.6) is 0 Å². The molecule has 4 atom stereocenters. The predicted molar refractivity (Wildman–Crippen MR) is 159 cm³/mol. The fourth-order valence-electron chi connectivity index (χ4n) is 6.73. The van der Waals surface area contributed by atoms with Gasteiger partial charge in [-0.15, -0.1) is 6.58 Å². The molecule has 9 nitrogen and oxygen atoms in total. The molecule has 1 aromatic rings. The van der Waals surface area contributed by atoms with E-state index in [0.29, 0.717) is 31.7 Å². The zero-order valence-electron chi connectivity index (χ0n) is 26.4. The summed E-state index contributed by atoms with van der Waals surface area (Å²) in [4.78, 5) is 44.6. The molecular weight excluding hydrogens is 536 g/mol. The van der Waals surface area contributed by atoms with Crippen LogP contribution >= 0.6 is 0 Å². The second-order valence-corrected chi connectivity index (χ2v) is 13.7. The topological polar surface area (TPSA) is 98.5 Å². The van der Waals surface area contributed by atoms with E-state index in [4.69, 9.17) is 18.6 Å². The number of carbonyl (C=O) groups is 3. The highest BCUT2D eigenvalue weighted by Crippen LogP contribution is 2.67. The molecule has 9 heteroatoms. The lowest BCUT2D eigenvalue weighted by molar-refractivity contribution is -0.149. The molecule has 1 aromatic heterocycles. The maximum atomic E-state index is 14.6. The normalized spacial score (nSPS) is 25.3. The number of carbonyl (C=O) groups excluding carboxylic acids is 3. The number of unbranched alkanes of at least 4 members (excludes halogenated alkanes) is 2. The van der Waals surface area contributed by atoms with Crippen LogP contribution in [0, 0.1) is 5.41 Å². The monoisotopic (exact) mass is 584 g/mol. The Hall–Kier alpha value is -3.23. The molecule has 3 aliphatic rings. The van der Waals surface area contributed by atoms with Gasteiger partial charge < -0.3 is 23.5 Å². The number of fused-ring (bicyclic) bond motifs is 3. The Morgan fingerprint density at radius 3 is 2.50 bits per heavy atom. The minimum Gasteiger partial charge on any atom is -0.463 e. The smallest absolute Gasteiger partial charge is 0.463 e. The molecular formula is C33H48N2O7. The van der Waals surface area contributed by atoms with Crippen molar-refractivity contribution in [1.82, 2.24) is 9.80 Å². The molecule has 42 heavy (non-hydrogen) atoms. The molecule has 1 spiro atoms. The van der Waals surface area contributed by atoms with Gasteiger partial charge in [0, 0.05) is 31.0 Å². The number of nitrogens with zero attached hydrogens (tertiary/aromatic N) is 2. The first-order chi connectivity index (χ1) is 19.7. The van der Waals surface area contributed by atoms with E-state index in [1.54, 1.807) is 25.7 Å². The molecule has 0 aromatic carbocycles. The van der Waals surface area contributed by atoms with Crippen molar-refractivity contribution < 1.29 is 33.0 Å². The van der Waals surface area contributed by atoms with E-state index in [2.05, 4.69) is 12.6 Å². The van der Waals surface area contributed by atoms with Gasteiger partial charge in [0.25, 0.3) is 0 Å². The molecule has 0 saturated carbocycles. The fraction of sp³-hybridized carbons (Fsp3) is 0.667. The van der Waals surface area contributed by atoms with E-state index in [1.807, 2.05) is 50.8 Å². The Bertz CT molecular complexity index is 1200. The number of rotatable bonds is 9. The predicted octanol–water partition coefficient (Wildman–Crippen LogP) is 7.07. The summed E-state index contributed by atoms with van der Waals surface area (Å²) in [6.07, 6.45) is 8.97. The Morgan fingerprint density at radius 1 is 1.14 bits per heavy atom. The first-order valence-electron chi connectivity index (χ1n) is 15.2. The van der Waals surface area contributed by atoms with Gasteiger partial charge in [-0.1, -0.05) is 18.2 Å². The van der Waals surface area contributed by atoms with Gasteiger partial charge in [-0.2, -0.15) is 0 Å². The first-order valence-corrected chi connectivity index (χ1v) is 15.2. The lowest BCUT2D eigenvalue weighted by atomic mass is 9.67. The van der Waals surface area contributed by atoms with Gasteiger partial charge in [-0.25, -0.2) is 9.59 Å². The van der Waals surface area contributed by atoms with Crippen molar-refractivity contribution in [3.8, 4) is 0 Å². The van der Waals surface area contributed by atoms with Crippen LogP contribution in [0.1, 0.15) is 110 Å². The van der Waals surface area contributed by atoms with Gasteiger partial charge >= 0.3 is 12.2 Å². The Balaban J connectivity index is 1.74. The Kier molecular flexibility index (Phi) is 9.19. The molecule has 0 N–H and O–H groups in total. The minimum atomic E-state index is -0.928. The minimum absolute atomic E-state index is 0.0251. The van der Waals surface area contributed by atoms with Crippen molar-refractivity contribution in [1.29, 1.82) is 0 Å². The molecule has 2 saturated heterocycles. The zero-order valence-corrected chi connectivity index (χ0v) is 26.4. The molecule has 1 aliphatic carbocycles. The summed E-state index contributed by atoms with van der Waals surface area (Å²) in [5, 5.41) is 0. The van der Waals surface area contributed by atoms with E-state index < -0.39 is 40.9 Å². The SMILES string of the molecule is C=CCCCCN1CC[C@@H]2c3cc(C/C=C\C)oc3[C@H]3N(C(=O)OC(C)(C)C)[C@@H](COC(=O)OC(C)(C)C)C[C@]23C1=O. The summed E-state index contributed by atoms with van der Waals surface area (Å²) in [6, 6.07) is 0.802. The van der Waals surface area contributed by atoms with Gasteiger partial charge in [0.2, 0.25) is 5.91 Å². The van der Waals surface area contributed by atoms with Gasteiger partial charge in [-0.3, -0.25) is 9.69 Å². The maximum absolute atomic E-state index is 14.6. The number of amides is 2. The van der Waals surface area contributed by atoms with Crippen LogP contribution in [-0.2, 0) is 25.4 Å². The average Bonchev–Trinajstić information content (AvgIpc) is 3.50. The number of hydrogen-bond donors (Lipinski definition) is 0. The van der Waals surface area contributed by atoms with Crippen molar-refractivity contribution in [2.24, 2.45) is 5.41 Å². The third-order valence-corrected chi connectivity index (χ3v) is 8.22. The van der Waals surface area contributed by atoms with E-state index in [1.165, 1.54) is 0 Å². The molecule has 4 rings (SSSR count). The summed E-state index contributed by atoms with van der Waals surface area (Å²) < 4.78 is 23.3. The van der Waals surface area contributed by atoms with Crippen molar-refractivity contribution >= 4 is 18.2 Å². The molecule has 232 valence electrons. The van der Waals surface area contributed by atoms with Crippen LogP contribution in [0.15, 0.2) is 35.3 Å². The van der Waals surface area contributed by atoms with E-state index in [9.17, 15) is 14.4 Å². The third kappa shape index (κ3) is 6.40. The highest BCUT2D eigenvalue weighted by molar-refractivity contribution is 5.89. The summed E-state index contributed by atoms with van der Waals surface area (Å²) in [5.41, 5.74) is -1.42. The van der Waals surface area contributed by atoms with E-state index in [-0.39, 0.29) is 18.4 Å². The lowest BCUT2D eigenvalue weighted by Gasteiger charge is -2.44. The molecule has 0 unspecified atom stereocenters. The van der Waals surface area contributed by atoms with Crippen molar-refractivity contribution in [2.45, 2.75) is 116 Å². The summed E-state index contributed by atoms with van der Waals surface area (Å²) in [7, 11) is 0. The standard InChI is InChI=1S/C33H48N2O7/c1-9-11-13-14-17-34-18-16-25-24-19-23(15-12-10-2)40-26(24)27-33(25,28(34)36)20-22(21-39-30(38)42-32(6,7)8)35(27)29(37)41-31(3,4)5/h9-10,12,19,22,25,27H,1,11,13-18,20-21H2,2-8H3/b12-10-/t22-,25-,27-,33+/m1/s1. The van der Waals surface area contributed by atoms with Crippen molar-refractivity contribution in [3.63, 3.8) is 0 Å². The quantitative estimate of drug-likeness (QED) is 0.174. The lowest BCUT2D eigenvalue weighted by Crippen LogP contribution is -2.53. The second kappa shape index (κ2) is 12.2. The average molecular weight is 585 g/mol. The van der Waals surface area contributed by atoms with Crippen molar-refractivity contribution in [3.05, 3.63) is 48.0 Å². The van der Waals surface area contributed by atoms with Gasteiger partial charge in [-0.05, 0) is 86.6 Å². The van der Waals surface area contributed by atoms with E-state index in [0.717, 1.165) is 37.0 Å². The van der Waals surface area contributed by atoms with Crippen LogP contribution < -0.4 is 0 Å². The van der Waals surface area contributed by atoms with E-state index >= 15 is 0 Å². The van der Waals surface area contributed by atoms with Crippen LogP contribution in [0.2, 0.25) is 0 Å². The van der Waals surface area contributed by atoms with Gasteiger partial charge in [0.15, 0.2) is 0 Å². The van der Waals surface area contributed by atoms with Gasteiger partial charge in [0.1, 0.15) is 35.4 Å². The second-order valence-electron chi connectivity index (χ2n) is 13.7. The van der Waals surface area contributed by atoms with Crippen LogP contribution in [0.3, 0.4) is 0 Å². The fourth-order valence-corrected chi connectivity index (χ4v) is 6.73. The Morgan fingerprint density at radius 2 is 1.86 bits per heavy atom. The molecule has 2 fully saturated rings. The number of likely N-dealkylation sites (tertiary alicyclic amines) is 2. The number of piperidine rings is 1. The third-order valence-electron chi connectivity index (χ3n) is 8.22. The number of allylic oxidation sites excluding steroid dienone is 3. The Labute approximate surface area is 250 Å². The summed E-state index contributed by atoms with van der Waals surface area (Å²) >= 11 is 0. The number of furan rings is 1. The largest absolute Gasteiger partial charge is 0.508 e. The zero-order chi connectivity index (χ0) is 30.9. The molecule has 2 aliphatic heterocycles. The number of ether oxygens (including phenoxy) is 3. The molecule has 3 heterocycles. The first kappa shape index (κ1) is 31.7. The van der Waals surface area contributed by atoms with Crippen LogP contribution in [0.4, 0.5) is 9.59 Å². The highest BCUT2D eigenvalue weighted by Gasteiger charge is 2.70. The maximum Gasteiger partial charge on any atom is 0.508 e. The highest BCUT2D eigenvalue weighted by atomic mass is 16.7. The molecule has 0 bridgehead atoms. The summed E-state index contributed by atoms with van der Waals surface area (Å²) in [6.45, 7) is 17.7. The van der Waals surface area contributed by atoms with Crippen LogP contribution in [-0.4, -0.2) is 64.9 Å². The number of hydrogen-bond acceptors (Lipinski definition) is 7. The summed E-state index contributed by atoms with van der Waals surface area (Å²) in [5.74, 6) is 1.35. The van der Waals surface area contributed by atoms with Crippen LogP contribution in [0.25, 0.3) is 0 Å². The van der Waals surface area contributed by atoms with Gasteiger partial charge in [0.05, 0.1) is 11.5 Å². The van der Waals surface area contributed by atoms with Crippen molar-refractivity contribution in [2.75, 3.05) is 19.7 Å². The molecule has 2 amide bonds. The molecule has 0 radical (unpaired) electrons.